The molecule has 0 spiro atoms. The van der Waals surface area contributed by atoms with Crippen molar-refractivity contribution in [3.63, 3.8) is 0 Å². The lowest BCUT2D eigenvalue weighted by Crippen LogP contribution is -2.33. The number of benzene rings is 2. The summed E-state index contributed by atoms with van der Waals surface area (Å²) >= 11 is 0. The number of methoxy groups -OCH3 is 2. The smallest absolute Gasteiger partial charge is 0.291 e. The minimum absolute atomic E-state index is 0.132. The van der Waals surface area contributed by atoms with Gasteiger partial charge < -0.3 is 14.2 Å². The normalized spacial score (nSPS) is 11.0. The Morgan fingerprint density at radius 2 is 1.78 bits per heavy atom. The molecule has 0 bridgehead atoms. The molecule has 2 rings (SSSR count). The molecule has 0 saturated carbocycles. The summed E-state index contributed by atoms with van der Waals surface area (Å²) in [5.41, 5.74) is 1.33. The van der Waals surface area contributed by atoms with Gasteiger partial charge in [-0.3, -0.25) is 10.1 Å². The molecule has 2 aromatic rings. The van der Waals surface area contributed by atoms with Gasteiger partial charge in [-0.15, -0.1) is 0 Å². The van der Waals surface area contributed by atoms with Crippen LogP contribution in [-0.4, -0.2) is 39.3 Å². The summed E-state index contributed by atoms with van der Waals surface area (Å²) < 4.78 is 28.8. The molecule has 6 nitrogen and oxygen atoms in total. The Bertz CT molecular complexity index is 791. The third kappa shape index (κ3) is 5.99. The molecular weight excluding hydrogens is 351 g/mol. The second kappa shape index (κ2) is 10.2. The molecule has 1 N–H and O–H groups in total. The van der Waals surface area contributed by atoms with E-state index >= 15 is 0 Å². The zero-order chi connectivity index (χ0) is 19.6. The van der Waals surface area contributed by atoms with Gasteiger partial charge in [0.15, 0.2) is 11.5 Å². The predicted octanol–water partition coefficient (Wildman–Crippen LogP) is 3.21. The molecule has 1 amide bonds. The molecule has 7 heteroatoms. The highest BCUT2D eigenvalue weighted by Crippen LogP contribution is 2.27. The number of carbonyl (C=O) groups is 1. The fourth-order valence-electron chi connectivity index (χ4n) is 2.35. The number of nitrogens with zero attached hydrogens (tertiary/aromatic N) is 1. The average molecular weight is 374 g/mol. The minimum atomic E-state index is -0.409. The molecule has 0 aliphatic heterocycles. The number of hydrogen-bond donors (Lipinski definition) is 1. The van der Waals surface area contributed by atoms with E-state index in [1.165, 1.54) is 24.3 Å². The van der Waals surface area contributed by atoms with Crippen LogP contribution in [-0.2, 0) is 11.2 Å². The summed E-state index contributed by atoms with van der Waals surface area (Å²) in [4.78, 5) is 16.5. The fraction of sp³-hybridized carbons (Fsp3) is 0.300. The SMILES string of the molecule is CCOC(=NCCc1ccc(OC)c(OC)c1)NC(=O)c1ccc(F)cc1. The van der Waals surface area contributed by atoms with Crippen molar-refractivity contribution in [2.75, 3.05) is 27.4 Å². The van der Waals surface area contributed by atoms with E-state index in [0.717, 1.165) is 5.56 Å². The van der Waals surface area contributed by atoms with Crippen LogP contribution in [0.3, 0.4) is 0 Å². The summed E-state index contributed by atoms with van der Waals surface area (Å²) in [6, 6.07) is 11.0. The lowest BCUT2D eigenvalue weighted by Gasteiger charge is -2.10. The van der Waals surface area contributed by atoms with E-state index in [4.69, 9.17) is 14.2 Å². The first kappa shape index (κ1) is 20.2. The van der Waals surface area contributed by atoms with Crippen LogP contribution in [0.15, 0.2) is 47.5 Å². The molecule has 2 aromatic carbocycles. The Balaban J connectivity index is 2.00. The molecule has 144 valence electrons. The molecule has 0 aromatic heterocycles. The second-order valence-corrected chi connectivity index (χ2v) is 5.52. The number of carbonyl (C=O) groups excluding carboxylic acids is 1. The first-order chi connectivity index (χ1) is 13.1. The Morgan fingerprint density at radius 1 is 1.07 bits per heavy atom. The van der Waals surface area contributed by atoms with Crippen molar-refractivity contribution in [2.45, 2.75) is 13.3 Å². The molecule has 0 saturated heterocycles. The third-order valence-corrected chi connectivity index (χ3v) is 3.71. The van der Waals surface area contributed by atoms with Gasteiger partial charge in [0.1, 0.15) is 5.82 Å². The highest BCUT2D eigenvalue weighted by molar-refractivity contribution is 6.04. The predicted molar refractivity (Wildman–Crippen MR) is 101 cm³/mol. The molecule has 0 aliphatic carbocycles. The minimum Gasteiger partial charge on any atom is -0.493 e. The van der Waals surface area contributed by atoms with E-state index in [0.29, 0.717) is 36.6 Å². The zero-order valence-electron chi connectivity index (χ0n) is 15.6. The van der Waals surface area contributed by atoms with Crippen LogP contribution in [0, 0.1) is 5.82 Å². The van der Waals surface area contributed by atoms with Crippen LogP contribution < -0.4 is 14.8 Å². The summed E-state index contributed by atoms with van der Waals surface area (Å²) in [7, 11) is 3.16. The number of ether oxygens (including phenoxy) is 3. The van der Waals surface area contributed by atoms with Crippen molar-refractivity contribution in [1.29, 1.82) is 0 Å². The maximum atomic E-state index is 13.0. The number of rotatable bonds is 7. The fourth-order valence-corrected chi connectivity index (χ4v) is 2.35. The van der Waals surface area contributed by atoms with Crippen LogP contribution in [0.5, 0.6) is 11.5 Å². The van der Waals surface area contributed by atoms with E-state index < -0.39 is 11.7 Å². The van der Waals surface area contributed by atoms with E-state index in [2.05, 4.69) is 10.3 Å². The lowest BCUT2D eigenvalue weighted by molar-refractivity contribution is 0.0966. The van der Waals surface area contributed by atoms with E-state index in [-0.39, 0.29) is 6.02 Å². The summed E-state index contributed by atoms with van der Waals surface area (Å²) in [6.07, 6.45) is 0.628. The van der Waals surface area contributed by atoms with Gasteiger partial charge >= 0.3 is 0 Å². The van der Waals surface area contributed by atoms with Gasteiger partial charge in [0.25, 0.3) is 11.9 Å². The van der Waals surface area contributed by atoms with Gasteiger partial charge in [-0.1, -0.05) is 6.07 Å². The molecule has 0 atom stereocenters. The maximum absolute atomic E-state index is 13.0. The van der Waals surface area contributed by atoms with Gasteiger partial charge in [-0.05, 0) is 55.3 Å². The monoisotopic (exact) mass is 374 g/mol. The molecular formula is C20H23FN2O4. The highest BCUT2D eigenvalue weighted by atomic mass is 19.1. The highest BCUT2D eigenvalue weighted by Gasteiger charge is 2.10. The van der Waals surface area contributed by atoms with Gasteiger partial charge in [0.05, 0.1) is 20.8 Å². The maximum Gasteiger partial charge on any atom is 0.291 e. The molecule has 27 heavy (non-hydrogen) atoms. The summed E-state index contributed by atoms with van der Waals surface area (Å²) in [6.45, 7) is 2.57. The topological polar surface area (TPSA) is 69.2 Å². The number of amides is 1. The molecule has 0 aliphatic rings. The Labute approximate surface area is 158 Å². The van der Waals surface area contributed by atoms with Crippen LogP contribution in [0.2, 0.25) is 0 Å². The number of nitrogens with one attached hydrogen (secondary N) is 1. The van der Waals surface area contributed by atoms with Crippen molar-refractivity contribution in [3.8, 4) is 11.5 Å². The number of amidine groups is 1. The number of halogens is 1. The van der Waals surface area contributed by atoms with Crippen molar-refractivity contribution in [2.24, 2.45) is 4.99 Å². The first-order valence-electron chi connectivity index (χ1n) is 8.52. The third-order valence-electron chi connectivity index (χ3n) is 3.71. The second-order valence-electron chi connectivity index (χ2n) is 5.52. The van der Waals surface area contributed by atoms with E-state index in [9.17, 15) is 9.18 Å². The van der Waals surface area contributed by atoms with Crippen LogP contribution in [0.1, 0.15) is 22.8 Å². The van der Waals surface area contributed by atoms with Gasteiger partial charge in [-0.2, -0.15) is 0 Å². The average Bonchev–Trinajstić information content (AvgIpc) is 2.68. The largest absolute Gasteiger partial charge is 0.493 e. The number of hydrogen-bond acceptors (Lipinski definition) is 5. The van der Waals surface area contributed by atoms with Crippen molar-refractivity contribution >= 4 is 11.9 Å². The molecule has 0 unspecified atom stereocenters. The van der Waals surface area contributed by atoms with E-state index in [1.54, 1.807) is 21.1 Å². The molecule has 0 fully saturated rings. The summed E-state index contributed by atoms with van der Waals surface area (Å²) in [5, 5.41) is 2.60. The van der Waals surface area contributed by atoms with E-state index in [1.807, 2.05) is 18.2 Å². The summed E-state index contributed by atoms with van der Waals surface area (Å²) in [5.74, 6) is 0.494. The van der Waals surface area contributed by atoms with Crippen molar-refractivity contribution in [1.82, 2.24) is 5.32 Å². The van der Waals surface area contributed by atoms with Gasteiger partial charge in [0.2, 0.25) is 0 Å². The first-order valence-corrected chi connectivity index (χ1v) is 8.52. The van der Waals surface area contributed by atoms with Gasteiger partial charge in [0, 0.05) is 12.1 Å². The van der Waals surface area contributed by atoms with Crippen LogP contribution in [0.4, 0.5) is 4.39 Å². The molecule has 0 heterocycles. The zero-order valence-corrected chi connectivity index (χ0v) is 15.6. The van der Waals surface area contributed by atoms with Crippen LogP contribution >= 0.6 is 0 Å². The lowest BCUT2D eigenvalue weighted by atomic mass is 10.1. The van der Waals surface area contributed by atoms with Gasteiger partial charge in [-0.25, -0.2) is 9.38 Å². The molecule has 0 radical (unpaired) electrons. The number of aliphatic imine (C=N–C) groups is 1. The van der Waals surface area contributed by atoms with Crippen molar-refractivity contribution in [3.05, 3.63) is 59.4 Å². The van der Waals surface area contributed by atoms with Crippen molar-refractivity contribution < 1.29 is 23.4 Å². The standard InChI is InChI=1S/C20H23FN2O4/c1-4-27-20(23-19(24)15-6-8-16(21)9-7-15)22-12-11-14-5-10-17(25-2)18(13-14)26-3/h5-10,13H,4,11-12H2,1-3H3,(H,22,23,24). The Hall–Kier alpha value is -3.09. The Kier molecular flexibility index (Phi) is 7.61. The van der Waals surface area contributed by atoms with Crippen LogP contribution in [0.25, 0.3) is 0 Å². The Morgan fingerprint density at radius 3 is 2.41 bits per heavy atom. The quantitative estimate of drug-likeness (QED) is 0.597.